The second kappa shape index (κ2) is 6.35. The van der Waals surface area contributed by atoms with Crippen LogP contribution in [-0.2, 0) is 6.42 Å². The van der Waals surface area contributed by atoms with Crippen LogP contribution in [0.15, 0.2) is 41.5 Å². The minimum absolute atomic E-state index is 0.287. The van der Waals surface area contributed by atoms with Gasteiger partial charge in [-0.15, -0.1) is 0 Å². The number of anilines is 1. The number of amidine groups is 1. The molecule has 3 rings (SSSR count). The molecule has 2 aromatic rings. The maximum absolute atomic E-state index is 11.0. The molecule has 1 aliphatic heterocycles. The molecule has 0 atom stereocenters. The molecule has 0 radical (unpaired) electrons. The van der Waals surface area contributed by atoms with Crippen molar-refractivity contribution in [1.29, 1.82) is 0 Å². The molecule has 0 amide bonds. The summed E-state index contributed by atoms with van der Waals surface area (Å²) in [5.41, 5.74) is 9.34. The number of carboxylic acids is 1. The van der Waals surface area contributed by atoms with Gasteiger partial charge in [0.25, 0.3) is 0 Å². The van der Waals surface area contributed by atoms with E-state index in [2.05, 4.69) is 48.3 Å². The number of hydrogen-bond donors (Lipinski definition) is 2. The molecule has 1 heterocycles. The summed E-state index contributed by atoms with van der Waals surface area (Å²) in [6.45, 7) is 6.95. The zero-order valence-electron chi connectivity index (χ0n) is 14.1. The largest absolute Gasteiger partial charge is 0.478 e. The molecule has 5 nitrogen and oxygen atoms in total. The Hall–Kier alpha value is -2.82. The van der Waals surface area contributed by atoms with Crippen molar-refractivity contribution < 1.29 is 9.90 Å². The third-order valence-corrected chi connectivity index (χ3v) is 4.35. The third-order valence-electron chi connectivity index (χ3n) is 4.35. The number of hydrogen-bond acceptors (Lipinski definition) is 4. The van der Waals surface area contributed by atoms with Crippen LogP contribution in [0, 0.1) is 20.8 Å². The molecule has 2 N–H and O–H groups in total. The summed E-state index contributed by atoms with van der Waals surface area (Å²) in [7, 11) is 0. The van der Waals surface area contributed by atoms with Crippen LogP contribution >= 0.6 is 0 Å². The van der Waals surface area contributed by atoms with Gasteiger partial charge in [0.15, 0.2) is 0 Å². The first-order chi connectivity index (χ1) is 11.5. The zero-order chi connectivity index (χ0) is 17.3. The molecule has 2 aromatic carbocycles. The van der Waals surface area contributed by atoms with Crippen molar-refractivity contribution in [3.63, 3.8) is 0 Å². The normalized spacial score (nSPS) is 13.6. The SMILES string of the molecule is Cc1cc(C)c(CC2=NNCN2c2ccc(C(=O)O)cc2)c(C)c1. The Morgan fingerprint density at radius 3 is 2.38 bits per heavy atom. The van der Waals surface area contributed by atoms with Gasteiger partial charge in [0.2, 0.25) is 0 Å². The summed E-state index contributed by atoms with van der Waals surface area (Å²) in [6, 6.07) is 11.3. The van der Waals surface area contributed by atoms with Crippen molar-refractivity contribution in [3.05, 3.63) is 64.2 Å². The second-order valence-corrected chi connectivity index (χ2v) is 6.18. The highest BCUT2D eigenvalue weighted by molar-refractivity contribution is 6.00. The molecule has 0 fully saturated rings. The van der Waals surface area contributed by atoms with Gasteiger partial charge in [-0.05, 0) is 61.7 Å². The highest BCUT2D eigenvalue weighted by Crippen LogP contribution is 2.22. The molecule has 5 heteroatoms. The summed E-state index contributed by atoms with van der Waals surface area (Å²) < 4.78 is 0. The van der Waals surface area contributed by atoms with Gasteiger partial charge in [0, 0.05) is 12.1 Å². The van der Waals surface area contributed by atoms with Crippen LogP contribution in [-0.4, -0.2) is 23.6 Å². The summed E-state index contributed by atoms with van der Waals surface area (Å²) >= 11 is 0. The Bertz CT molecular complexity index is 787. The van der Waals surface area contributed by atoms with Gasteiger partial charge in [-0.1, -0.05) is 17.7 Å². The average molecular weight is 323 g/mol. The summed E-state index contributed by atoms with van der Waals surface area (Å²) in [6.07, 6.45) is 0.742. The standard InChI is InChI=1S/C19H21N3O2/c1-12-8-13(2)17(14(3)9-12)10-18-21-20-11-22(18)16-6-4-15(5-7-16)19(23)24/h4-9,20H,10-11H2,1-3H3,(H,23,24). The van der Waals surface area contributed by atoms with E-state index < -0.39 is 5.97 Å². The Morgan fingerprint density at radius 2 is 1.79 bits per heavy atom. The molecule has 124 valence electrons. The fourth-order valence-corrected chi connectivity index (χ4v) is 3.16. The van der Waals surface area contributed by atoms with Gasteiger partial charge < -0.3 is 10.0 Å². The Balaban J connectivity index is 1.85. The summed E-state index contributed by atoms with van der Waals surface area (Å²) in [5.74, 6) is 0.0222. The number of rotatable bonds is 4. The monoisotopic (exact) mass is 323 g/mol. The van der Waals surface area contributed by atoms with Crippen LogP contribution in [0.1, 0.15) is 32.6 Å². The van der Waals surface area contributed by atoms with E-state index in [1.54, 1.807) is 12.1 Å². The second-order valence-electron chi connectivity index (χ2n) is 6.18. The van der Waals surface area contributed by atoms with Crippen LogP contribution in [0.3, 0.4) is 0 Å². The van der Waals surface area contributed by atoms with Crippen LogP contribution in [0.5, 0.6) is 0 Å². The molecule has 1 aliphatic rings. The number of benzene rings is 2. The molecule has 0 saturated heterocycles. The maximum atomic E-state index is 11.0. The minimum atomic E-state index is -0.916. The zero-order valence-corrected chi connectivity index (χ0v) is 14.1. The topological polar surface area (TPSA) is 64.9 Å². The Morgan fingerprint density at radius 1 is 1.17 bits per heavy atom. The summed E-state index contributed by atoms with van der Waals surface area (Å²) in [5, 5.41) is 13.4. The van der Waals surface area contributed by atoms with E-state index in [0.717, 1.165) is 17.9 Å². The molecule has 0 unspecified atom stereocenters. The van der Waals surface area contributed by atoms with Crippen molar-refractivity contribution in [1.82, 2.24) is 5.43 Å². The van der Waals surface area contributed by atoms with Gasteiger partial charge in [-0.3, -0.25) is 5.43 Å². The number of aryl methyl sites for hydroxylation is 3. The van der Waals surface area contributed by atoms with Crippen LogP contribution in [0.4, 0.5) is 5.69 Å². The van der Waals surface area contributed by atoms with Gasteiger partial charge in [0.1, 0.15) is 12.5 Å². The lowest BCUT2D eigenvalue weighted by Crippen LogP contribution is -2.30. The van der Waals surface area contributed by atoms with E-state index in [4.69, 9.17) is 5.11 Å². The lowest BCUT2D eigenvalue weighted by molar-refractivity contribution is 0.0697. The quantitative estimate of drug-likeness (QED) is 0.906. The van der Waals surface area contributed by atoms with Gasteiger partial charge in [-0.2, -0.15) is 5.10 Å². The average Bonchev–Trinajstić information content (AvgIpc) is 2.99. The van der Waals surface area contributed by atoms with E-state index in [9.17, 15) is 4.79 Å². The summed E-state index contributed by atoms with van der Waals surface area (Å²) in [4.78, 5) is 13.1. The maximum Gasteiger partial charge on any atom is 0.335 e. The molecule has 0 saturated carbocycles. The van der Waals surface area contributed by atoms with E-state index in [1.807, 2.05) is 12.1 Å². The molecule has 0 bridgehead atoms. The molecule has 0 spiro atoms. The fraction of sp³-hybridized carbons (Fsp3) is 0.263. The smallest absolute Gasteiger partial charge is 0.335 e. The molecular formula is C19H21N3O2. The molecule has 0 aliphatic carbocycles. The lowest BCUT2D eigenvalue weighted by Gasteiger charge is -2.21. The first-order valence-electron chi connectivity index (χ1n) is 7.93. The van der Waals surface area contributed by atoms with Gasteiger partial charge in [-0.25, -0.2) is 4.79 Å². The number of carbonyl (C=O) groups is 1. The predicted molar refractivity (Wildman–Crippen MR) is 95.7 cm³/mol. The van der Waals surface area contributed by atoms with E-state index in [1.165, 1.54) is 22.3 Å². The van der Waals surface area contributed by atoms with Crippen LogP contribution < -0.4 is 10.3 Å². The Labute approximate surface area is 141 Å². The van der Waals surface area contributed by atoms with Crippen molar-refractivity contribution in [2.75, 3.05) is 11.6 Å². The van der Waals surface area contributed by atoms with E-state index in [-0.39, 0.29) is 5.56 Å². The lowest BCUT2D eigenvalue weighted by atomic mass is 9.97. The third kappa shape index (κ3) is 3.11. The van der Waals surface area contributed by atoms with Crippen molar-refractivity contribution in [3.8, 4) is 0 Å². The number of nitrogens with one attached hydrogen (secondary N) is 1. The molecule has 0 aromatic heterocycles. The predicted octanol–water partition coefficient (Wildman–Crippen LogP) is 3.23. The number of aromatic carboxylic acids is 1. The number of hydrazone groups is 1. The highest BCUT2D eigenvalue weighted by atomic mass is 16.4. The first-order valence-corrected chi connectivity index (χ1v) is 7.93. The van der Waals surface area contributed by atoms with Crippen molar-refractivity contribution in [2.24, 2.45) is 5.10 Å². The highest BCUT2D eigenvalue weighted by Gasteiger charge is 2.20. The number of carboxylic acid groups (broad SMARTS) is 1. The van der Waals surface area contributed by atoms with Crippen LogP contribution in [0.2, 0.25) is 0 Å². The Kier molecular flexibility index (Phi) is 4.25. The van der Waals surface area contributed by atoms with Crippen molar-refractivity contribution >= 4 is 17.5 Å². The molecular weight excluding hydrogens is 302 g/mol. The first kappa shape index (κ1) is 16.1. The van der Waals surface area contributed by atoms with Gasteiger partial charge in [0.05, 0.1) is 5.56 Å². The van der Waals surface area contributed by atoms with Crippen molar-refractivity contribution in [2.45, 2.75) is 27.2 Å². The van der Waals surface area contributed by atoms with Gasteiger partial charge >= 0.3 is 5.97 Å². The van der Waals surface area contributed by atoms with E-state index in [0.29, 0.717) is 6.67 Å². The fourth-order valence-electron chi connectivity index (χ4n) is 3.16. The molecule has 24 heavy (non-hydrogen) atoms. The van der Waals surface area contributed by atoms with Crippen LogP contribution in [0.25, 0.3) is 0 Å². The van der Waals surface area contributed by atoms with E-state index >= 15 is 0 Å². The number of nitrogens with zero attached hydrogens (tertiary/aromatic N) is 2. The minimum Gasteiger partial charge on any atom is -0.478 e.